The third-order valence-corrected chi connectivity index (χ3v) is 4.72. The third kappa shape index (κ3) is 4.30. The number of aromatic nitrogens is 3. The highest BCUT2D eigenvalue weighted by molar-refractivity contribution is 6.33. The molecule has 0 radical (unpaired) electrons. The van der Waals surface area contributed by atoms with E-state index in [9.17, 15) is 4.79 Å². The predicted octanol–water partition coefficient (Wildman–Crippen LogP) is 5.20. The monoisotopic (exact) mass is 406 g/mol. The van der Waals surface area contributed by atoms with Crippen molar-refractivity contribution < 1.29 is 4.79 Å². The van der Waals surface area contributed by atoms with E-state index in [1.54, 1.807) is 35.0 Å². The lowest BCUT2D eigenvalue weighted by Crippen LogP contribution is -2.21. The number of hydrogen-bond acceptors (Lipinski definition) is 4. The molecular weight excluding hydrogens is 388 g/mol. The fourth-order valence-corrected chi connectivity index (χ4v) is 3.10. The fraction of sp³-hybridized carbons (Fsp3) is 0.0952. The zero-order valence-corrected chi connectivity index (χ0v) is 16.4. The van der Waals surface area contributed by atoms with Crippen LogP contribution in [0.5, 0.6) is 0 Å². The molecule has 0 aliphatic heterocycles. The van der Waals surface area contributed by atoms with Gasteiger partial charge in [0.1, 0.15) is 5.82 Å². The van der Waals surface area contributed by atoms with Crippen molar-refractivity contribution in [3.8, 4) is 0 Å². The summed E-state index contributed by atoms with van der Waals surface area (Å²) < 4.78 is 1.58. The Hall–Kier alpha value is -3.58. The Kier molecular flexibility index (Phi) is 5.31. The predicted molar refractivity (Wildman–Crippen MR) is 116 cm³/mol. The molecule has 2 heterocycles. The molecule has 0 aliphatic rings. The van der Waals surface area contributed by atoms with Crippen LogP contribution in [0.25, 0.3) is 5.65 Å². The van der Waals surface area contributed by atoms with E-state index in [4.69, 9.17) is 11.6 Å². The van der Waals surface area contributed by atoms with Crippen LogP contribution < -0.4 is 16.0 Å². The number of benzene rings is 2. The number of urea groups is 1. The van der Waals surface area contributed by atoms with Gasteiger partial charge in [0, 0.05) is 6.04 Å². The molecule has 2 amide bonds. The van der Waals surface area contributed by atoms with E-state index < -0.39 is 6.03 Å². The van der Waals surface area contributed by atoms with Gasteiger partial charge < -0.3 is 10.6 Å². The molecule has 0 aliphatic carbocycles. The van der Waals surface area contributed by atoms with Crippen LogP contribution in [0.15, 0.2) is 72.9 Å². The summed E-state index contributed by atoms with van der Waals surface area (Å²) in [5.41, 5.74) is 2.29. The van der Waals surface area contributed by atoms with E-state index in [-0.39, 0.29) is 6.04 Å². The van der Waals surface area contributed by atoms with Gasteiger partial charge in [-0.1, -0.05) is 54.1 Å². The molecule has 3 N–H and O–H groups in total. The van der Waals surface area contributed by atoms with Crippen LogP contribution in [0, 0.1) is 0 Å². The Balaban J connectivity index is 1.51. The van der Waals surface area contributed by atoms with Crippen LogP contribution in [0.4, 0.5) is 22.1 Å². The summed E-state index contributed by atoms with van der Waals surface area (Å²) in [6, 6.07) is 20.5. The molecule has 4 aromatic rings. The fourth-order valence-electron chi connectivity index (χ4n) is 2.91. The van der Waals surface area contributed by atoms with E-state index in [1.807, 2.05) is 30.3 Å². The lowest BCUT2D eigenvalue weighted by atomic mass is 10.1. The number of carbonyl (C=O) groups excluding carboxylic acids is 1. The number of para-hydroxylation sites is 1. The highest BCUT2D eigenvalue weighted by Crippen LogP contribution is 2.22. The first-order valence-electron chi connectivity index (χ1n) is 9.09. The number of rotatable bonds is 5. The largest absolute Gasteiger partial charge is 0.362 e. The van der Waals surface area contributed by atoms with Crippen LogP contribution in [0.1, 0.15) is 18.5 Å². The molecule has 146 valence electrons. The van der Waals surface area contributed by atoms with E-state index in [0.717, 1.165) is 5.56 Å². The van der Waals surface area contributed by atoms with Crippen molar-refractivity contribution in [2.45, 2.75) is 13.0 Å². The smallest absolute Gasteiger partial charge is 0.324 e. The second-order valence-electron chi connectivity index (χ2n) is 6.47. The number of nitrogens with zero attached hydrogens (tertiary/aromatic N) is 3. The molecule has 2 aromatic carbocycles. The Morgan fingerprint density at radius 3 is 2.55 bits per heavy atom. The molecule has 0 saturated heterocycles. The zero-order valence-electron chi connectivity index (χ0n) is 15.6. The van der Waals surface area contributed by atoms with Gasteiger partial charge in [-0.15, -0.1) is 5.10 Å². The molecule has 8 heteroatoms. The minimum Gasteiger partial charge on any atom is -0.362 e. The average molecular weight is 407 g/mol. The summed E-state index contributed by atoms with van der Waals surface area (Å²) in [5.74, 6) is 1.11. The minimum atomic E-state index is -0.433. The van der Waals surface area contributed by atoms with Crippen LogP contribution in [-0.2, 0) is 0 Å². The number of carbonyl (C=O) groups is 1. The Morgan fingerprint density at radius 1 is 1.00 bits per heavy atom. The maximum atomic E-state index is 12.4. The van der Waals surface area contributed by atoms with Gasteiger partial charge in [0.05, 0.1) is 16.9 Å². The normalized spacial score (nSPS) is 11.8. The number of nitrogens with one attached hydrogen (secondary N) is 3. The number of amides is 2. The van der Waals surface area contributed by atoms with Crippen LogP contribution in [-0.4, -0.2) is 20.6 Å². The summed E-state index contributed by atoms with van der Waals surface area (Å²) in [6.07, 6.45) is 1.55. The Morgan fingerprint density at radius 2 is 1.76 bits per heavy atom. The van der Waals surface area contributed by atoms with Crippen molar-refractivity contribution in [1.29, 1.82) is 0 Å². The maximum absolute atomic E-state index is 12.4. The topological polar surface area (TPSA) is 83.3 Å². The quantitative estimate of drug-likeness (QED) is 0.425. The summed E-state index contributed by atoms with van der Waals surface area (Å²) in [4.78, 5) is 16.6. The SMILES string of the molecule is C[C@H](Nc1ccc2ncc(NC(=O)Nc3ccccc3Cl)n2n1)c1ccccc1. The van der Waals surface area contributed by atoms with Gasteiger partial charge in [-0.25, -0.2) is 9.78 Å². The van der Waals surface area contributed by atoms with Gasteiger partial charge in [-0.3, -0.25) is 5.32 Å². The molecule has 0 bridgehead atoms. The number of halogens is 1. The van der Waals surface area contributed by atoms with Crippen molar-refractivity contribution in [3.05, 3.63) is 83.5 Å². The molecule has 0 fully saturated rings. The molecule has 29 heavy (non-hydrogen) atoms. The average Bonchev–Trinajstić information content (AvgIpc) is 3.12. The van der Waals surface area contributed by atoms with Crippen LogP contribution in [0.3, 0.4) is 0 Å². The van der Waals surface area contributed by atoms with Crippen molar-refractivity contribution >= 4 is 40.6 Å². The number of hydrogen-bond donors (Lipinski definition) is 3. The molecule has 0 unspecified atom stereocenters. The summed E-state index contributed by atoms with van der Waals surface area (Å²) in [6.45, 7) is 2.06. The Labute approximate surface area is 172 Å². The standard InChI is InChI=1S/C21H19ClN6O/c1-14(15-7-3-2-4-8-15)24-18-11-12-19-23-13-20(28(19)27-18)26-21(29)25-17-10-6-5-9-16(17)22/h2-14H,1H3,(H,24,27)(H2,25,26,29)/t14-/m0/s1. The van der Waals surface area contributed by atoms with E-state index in [0.29, 0.717) is 28.0 Å². The molecule has 0 spiro atoms. The molecular formula is C21H19ClN6O. The van der Waals surface area contributed by atoms with E-state index >= 15 is 0 Å². The first kappa shape index (κ1) is 18.8. The van der Waals surface area contributed by atoms with Gasteiger partial charge in [-0.2, -0.15) is 4.52 Å². The first-order valence-corrected chi connectivity index (χ1v) is 9.47. The minimum absolute atomic E-state index is 0.0737. The lowest BCUT2D eigenvalue weighted by Gasteiger charge is -2.15. The molecule has 0 saturated carbocycles. The van der Waals surface area contributed by atoms with Crippen LogP contribution >= 0.6 is 11.6 Å². The highest BCUT2D eigenvalue weighted by atomic mass is 35.5. The summed E-state index contributed by atoms with van der Waals surface area (Å²) in [7, 11) is 0. The first-order chi connectivity index (χ1) is 14.1. The van der Waals surface area contributed by atoms with Gasteiger partial charge in [0.2, 0.25) is 0 Å². The number of fused-ring (bicyclic) bond motifs is 1. The Bertz CT molecular complexity index is 1140. The second kappa shape index (κ2) is 8.20. The number of imidazole rings is 1. The van der Waals surface area contributed by atoms with Crippen LogP contribution in [0.2, 0.25) is 5.02 Å². The number of anilines is 3. The highest BCUT2D eigenvalue weighted by Gasteiger charge is 2.12. The van der Waals surface area contributed by atoms with Gasteiger partial charge in [-0.05, 0) is 36.8 Å². The van der Waals surface area contributed by atoms with Crippen molar-refractivity contribution in [1.82, 2.24) is 14.6 Å². The molecule has 1 atom stereocenters. The summed E-state index contributed by atoms with van der Waals surface area (Å²) in [5, 5.41) is 13.8. The van der Waals surface area contributed by atoms with Crippen molar-refractivity contribution in [2.24, 2.45) is 0 Å². The second-order valence-corrected chi connectivity index (χ2v) is 6.87. The molecule has 7 nitrogen and oxygen atoms in total. The lowest BCUT2D eigenvalue weighted by molar-refractivity contribution is 0.262. The van der Waals surface area contributed by atoms with Gasteiger partial charge >= 0.3 is 6.03 Å². The maximum Gasteiger partial charge on any atom is 0.324 e. The van der Waals surface area contributed by atoms with E-state index in [2.05, 4.69) is 45.1 Å². The van der Waals surface area contributed by atoms with Gasteiger partial charge in [0.15, 0.2) is 11.5 Å². The van der Waals surface area contributed by atoms with Crippen molar-refractivity contribution in [2.75, 3.05) is 16.0 Å². The molecule has 2 aromatic heterocycles. The van der Waals surface area contributed by atoms with E-state index in [1.165, 1.54) is 0 Å². The summed E-state index contributed by atoms with van der Waals surface area (Å²) >= 11 is 6.08. The molecule has 4 rings (SSSR count). The van der Waals surface area contributed by atoms with Crippen molar-refractivity contribution in [3.63, 3.8) is 0 Å². The zero-order chi connectivity index (χ0) is 20.2. The third-order valence-electron chi connectivity index (χ3n) is 4.39. The van der Waals surface area contributed by atoms with Gasteiger partial charge in [0.25, 0.3) is 0 Å².